The molecule has 34 heavy (non-hydrogen) atoms. The van der Waals surface area contributed by atoms with Gasteiger partial charge >= 0.3 is 0 Å². The van der Waals surface area contributed by atoms with Gasteiger partial charge in [-0.05, 0) is 35.6 Å². The van der Waals surface area contributed by atoms with E-state index in [-0.39, 0.29) is 24.8 Å². The largest absolute Gasteiger partial charge is 0.454 e. The number of nitrogens with zero attached hydrogens (tertiary/aromatic N) is 3. The van der Waals surface area contributed by atoms with Crippen LogP contribution in [0.1, 0.15) is 63.6 Å². The Morgan fingerprint density at radius 1 is 1.12 bits per heavy atom. The van der Waals surface area contributed by atoms with Gasteiger partial charge in [-0.3, -0.25) is 9.69 Å². The van der Waals surface area contributed by atoms with Crippen molar-refractivity contribution in [1.29, 1.82) is 0 Å². The lowest BCUT2D eigenvalue weighted by molar-refractivity contribution is -0.126. The van der Waals surface area contributed by atoms with E-state index in [1.165, 1.54) is 0 Å². The Balaban J connectivity index is 1.56. The van der Waals surface area contributed by atoms with Crippen LogP contribution in [0.2, 0.25) is 0 Å². The zero-order valence-corrected chi connectivity index (χ0v) is 20.2. The van der Waals surface area contributed by atoms with E-state index < -0.39 is 0 Å². The molecule has 0 aliphatic carbocycles. The van der Waals surface area contributed by atoms with Gasteiger partial charge < -0.3 is 14.4 Å². The van der Waals surface area contributed by atoms with Crippen molar-refractivity contribution in [2.24, 2.45) is 10.9 Å². The Hall–Kier alpha value is -3.28. The second-order valence-electron chi connectivity index (χ2n) is 9.56. The van der Waals surface area contributed by atoms with E-state index in [1.54, 1.807) is 0 Å². The van der Waals surface area contributed by atoms with Crippen molar-refractivity contribution in [1.82, 2.24) is 9.80 Å². The molecule has 3 aliphatic rings. The van der Waals surface area contributed by atoms with E-state index in [4.69, 9.17) is 14.5 Å². The summed E-state index contributed by atoms with van der Waals surface area (Å²) >= 11 is 0. The van der Waals surface area contributed by atoms with Crippen LogP contribution in [0.4, 0.5) is 0 Å². The lowest BCUT2D eigenvalue weighted by Gasteiger charge is -2.30. The van der Waals surface area contributed by atoms with E-state index in [0.717, 1.165) is 53.5 Å². The van der Waals surface area contributed by atoms with Gasteiger partial charge in [0.05, 0.1) is 18.5 Å². The molecular formula is C28H33N3O3. The van der Waals surface area contributed by atoms with Gasteiger partial charge in [0.25, 0.3) is 0 Å². The Kier molecular flexibility index (Phi) is 6.31. The molecule has 3 heterocycles. The first kappa shape index (κ1) is 22.5. The molecule has 3 aliphatic heterocycles. The van der Waals surface area contributed by atoms with Crippen molar-refractivity contribution >= 4 is 11.9 Å². The van der Waals surface area contributed by atoms with E-state index >= 15 is 0 Å². The highest BCUT2D eigenvalue weighted by Gasteiger charge is 2.47. The van der Waals surface area contributed by atoms with E-state index in [0.29, 0.717) is 18.9 Å². The number of guanidine groups is 1. The van der Waals surface area contributed by atoms with Crippen molar-refractivity contribution in [2.75, 3.05) is 6.79 Å². The number of hydrogen-bond acceptors (Lipinski definition) is 5. The van der Waals surface area contributed by atoms with Gasteiger partial charge in [0.2, 0.25) is 18.7 Å². The number of allylic oxidation sites excluding steroid dienone is 1. The summed E-state index contributed by atoms with van der Waals surface area (Å²) in [6, 6.07) is 16.2. The summed E-state index contributed by atoms with van der Waals surface area (Å²) in [5.74, 6) is 2.77. The van der Waals surface area contributed by atoms with Crippen LogP contribution < -0.4 is 9.47 Å². The fourth-order valence-corrected chi connectivity index (χ4v) is 5.13. The number of carbonyl (C=O) groups is 1. The lowest BCUT2D eigenvalue weighted by atomic mass is 9.98. The lowest BCUT2D eigenvalue weighted by Crippen LogP contribution is -2.42. The molecule has 2 aromatic carbocycles. The summed E-state index contributed by atoms with van der Waals surface area (Å²) in [6.45, 7) is 7.55. The zero-order chi connectivity index (χ0) is 23.7. The van der Waals surface area contributed by atoms with Crippen LogP contribution in [-0.2, 0) is 11.3 Å². The van der Waals surface area contributed by atoms with Crippen LogP contribution >= 0.6 is 0 Å². The predicted molar refractivity (Wildman–Crippen MR) is 132 cm³/mol. The van der Waals surface area contributed by atoms with Gasteiger partial charge in [0.1, 0.15) is 0 Å². The number of benzene rings is 2. The summed E-state index contributed by atoms with van der Waals surface area (Å²) in [6.07, 6.45) is 5.86. The Bertz CT molecular complexity index is 1110. The Labute approximate surface area is 201 Å². The summed E-state index contributed by atoms with van der Waals surface area (Å²) in [5.41, 5.74) is 3.27. The SMILES string of the molecule is CCCC/C=C1/[C@@H](C(C)C)N(Cc2ccc3c(c2)OCO3)C2=N[C@H](c3ccccc3)CC(=O)N21. The van der Waals surface area contributed by atoms with Gasteiger partial charge in [-0.15, -0.1) is 0 Å². The first-order valence-electron chi connectivity index (χ1n) is 12.4. The fraction of sp³-hybridized carbons (Fsp3) is 0.429. The summed E-state index contributed by atoms with van der Waals surface area (Å²) in [4.78, 5) is 22.9. The third-order valence-electron chi connectivity index (χ3n) is 6.76. The molecule has 0 spiro atoms. The Morgan fingerprint density at radius 3 is 2.68 bits per heavy atom. The molecule has 6 nitrogen and oxygen atoms in total. The van der Waals surface area contributed by atoms with Crippen molar-refractivity contribution in [3.8, 4) is 11.5 Å². The molecule has 5 rings (SSSR count). The van der Waals surface area contributed by atoms with Crippen LogP contribution in [0.3, 0.4) is 0 Å². The van der Waals surface area contributed by atoms with Crippen LogP contribution in [0, 0.1) is 5.92 Å². The third-order valence-corrected chi connectivity index (χ3v) is 6.76. The number of hydrogen-bond donors (Lipinski definition) is 0. The summed E-state index contributed by atoms with van der Waals surface area (Å²) < 4.78 is 11.1. The number of rotatable bonds is 7. The maximum atomic E-state index is 13.6. The molecular weight excluding hydrogens is 426 g/mol. The number of ether oxygens (including phenoxy) is 2. The quantitative estimate of drug-likeness (QED) is 0.502. The smallest absolute Gasteiger partial charge is 0.236 e. The molecule has 2 aromatic rings. The maximum Gasteiger partial charge on any atom is 0.236 e. The highest BCUT2D eigenvalue weighted by atomic mass is 16.7. The summed E-state index contributed by atoms with van der Waals surface area (Å²) in [5, 5.41) is 0. The minimum Gasteiger partial charge on any atom is -0.454 e. The molecule has 0 radical (unpaired) electrons. The fourth-order valence-electron chi connectivity index (χ4n) is 5.13. The standard InChI is InChI=1S/C28H33N3O3/c1-4-5-7-12-23-27(19(2)3)30(17-20-13-14-24-25(15-20)34-18-33-24)28-29-22(16-26(32)31(23)28)21-10-8-6-9-11-21/h6,8-15,19,22,27H,4-5,7,16-18H2,1-3H3/b23-12-/t22-,27+/m0/s1. The van der Waals surface area contributed by atoms with Gasteiger partial charge in [0.15, 0.2) is 11.5 Å². The number of carbonyl (C=O) groups excluding carboxylic acids is 1. The van der Waals surface area contributed by atoms with Gasteiger partial charge in [-0.1, -0.05) is 76.1 Å². The molecule has 178 valence electrons. The van der Waals surface area contributed by atoms with E-state index in [2.05, 4.69) is 49.9 Å². The molecule has 1 saturated heterocycles. The predicted octanol–water partition coefficient (Wildman–Crippen LogP) is 5.66. The molecule has 0 saturated carbocycles. The van der Waals surface area contributed by atoms with Gasteiger partial charge in [0, 0.05) is 12.2 Å². The normalized spacial score (nSPS) is 22.5. The molecule has 0 bridgehead atoms. The Morgan fingerprint density at radius 2 is 1.91 bits per heavy atom. The molecule has 6 heteroatoms. The van der Waals surface area contributed by atoms with Crippen molar-refractivity contribution in [2.45, 2.75) is 65.1 Å². The van der Waals surface area contributed by atoms with Gasteiger partial charge in [-0.25, -0.2) is 4.99 Å². The van der Waals surface area contributed by atoms with Crippen molar-refractivity contribution < 1.29 is 14.3 Å². The molecule has 1 fully saturated rings. The van der Waals surface area contributed by atoms with Crippen LogP contribution in [0.15, 0.2) is 65.3 Å². The topological polar surface area (TPSA) is 54.4 Å². The molecule has 1 amide bonds. The highest BCUT2D eigenvalue weighted by molar-refractivity contribution is 6.03. The minimum absolute atomic E-state index is 0.0829. The van der Waals surface area contributed by atoms with Crippen LogP contribution in [0.25, 0.3) is 0 Å². The zero-order valence-electron chi connectivity index (χ0n) is 20.2. The number of unbranched alkanes of at least 4 members (excludes halogenated alkanes) is 2. The van der Waals surface area contributed by atoms with E-state index in [1.807, 2.05) is 35.2 Å². The second-order valence-corrected chi connectivity index (χ2v) is 9.56. The van der Waals surface area contributed by atoms with Crippen LogP contribution in [0.5, 0.6) is 11.5 Å². The molecule has 0 aromatic heterocycles. The first-order chi connectivity index (χ1) is 16.6. The number of aliphatic imine (C=N–C) groups is 1. The number of amides is 1. The molecule has 0 unspecified atom stereocenters. The molecule has 2 atom stereocenters. The van der Waals surface area contributed by atoms with Crippen LogP contribution in [-0.4, -0.2) is 34.5 Å². The maximum absolute atomic E-state index is 13.6. The van der Waals surface area contributed by atoms with Gasteiger partial charge in [-0.2, -0.15) is 0 Å². The summed E-state index contributed by atoms with van der Waals surface area (Å²) in [7, 11) is 0. The van der Waals surface area contributed by atoms with Crippen molar-refractivity contribution in [3.63, 3.8) is 0 Å². The average Bonchev–Trinajstić information content (AvgIpc) is 3.42. The van der Waals surface area contributed by atoms with E-state index in [9.17, 15) is 4.79 Å². The molecule has 0 N–H and O–H groups in total. The van der Waals surface area contributed by atoms with Crippen molar-refractivity contribution in [3.05, 3.63) is 71.4 Å². The minimum atomic E-state index is -0.165. The second kappa shape index (κ2) is 9.53. The third kappa shape index (κ3) is 4.17. The average molecular weight is 460 g/mol. The first-order valence-corrected chi connectivity index (χ1v) is 12.4. The number of fused-ring (bicyclic) bond motifs is 2. The monoisotopic (exact) mass is 459 g/mol. The highest BCUT2D eigenvalue weighted by Crippen LogP contribution is 2.40.